The molecule has 0 aliphatic carbocycles. The summed E-state index contributed by atoms with van der Waals surface area (Å²) in [5.74, 6) is 0. The molecule has 0 radical (unpaired) electrons. The van der Waals surface area contributed by atoms with Crippen molar-refractivity contribution in [3.8, 4) is 0 Å². The number of nitrogens with one attached hydrogen (secondary N) is 1. The van der Waals surface area contributed by atoms with E-state index in [0.29, 0.717) is 26.0 Å². The van der Waals surface area contributed by atoms with Gasteiger partial charge in [-0.3, -0.25) is 0 Å². The van der Waals surface area contributed by atoms with Crippen LogP contribution in [0.25, 0.3) is 0 Å². The summed E-state index contributed by atoms with van der Waals surface area (Å²) in [6.45, 7) is 1.20. The van der Waals surface area contributed by atoms with Gasteiger partial charge in [0.2, 0.25) is 3.79 Å². The normalized spacial score (nSPS) is 23.1. The number of alkyl halides is 3. The van der Waals surface area contributed by atoms with Crippen LogP contribution in [-0.4, -0.2) is 109 Å². The average Bonchev–Trinajstić information content (AvgIpc) is 3.52. The first kappa shape index (κ1) is 61.1. The quantitative estimate of drug-likeness (QED) is 0.0314. The fraction of sp³-hybridized carbons (Fsp3) is 0.413. The first-order chi connectivity index (χ1) is 39.2. The van der Waals surface area contributed by atoms with Crippen LogP contribution in [0.2, 0.25) is 0 Å². The van der Waals surface area contributed by atoms with Gasteiger partial charge in [0.1, 0.15) is 55.4 Å². The van der Waals surface area contributed by atoms with Crippen molar-refractivity contribution in [1.82, 2.24) is 5.32 Å². The minimum Gasteiger partial charge on any atom is -0.445 e. The Hall–Kier alpha value is -4.98. The van der Waals surface area contributed by atoms with Crippen LogP contribution >= 0.6 is 34.8 Å². The number of unbranched alkanes of at least 4 members (excludes halogenated alkanes) is 3. The molecular formula is C63H72Cl3NO13. The number of hydrogen-bond acceptors (Lipinski definition) is 13. The fourth-order valence-electron chi connectivity index (χ4n) is 9.40. The van der Waals surface area contributed by atoms with E-state index in [4.69, 9.17) is 86.9 Å². The second-order valence-corrected chi connectivity index (χ2v) is 22.1. The number of hydrogen-bond donors (Lipinski definition) is 2. The van der Waals surface area contributed by atoms with Gasteiger partial charge in [-0.15, -0.1) is 0 Å². The molecule has 428 valence electrons. The van der Waals surface area contributed by atoms with Crippen LogP contribution in [0.4, 0.5) is 4.79 Å². The summed E-state index contributed by atoms with van der Waals surface area (Å²) < 4.78 is 72.1. The molecule has 6 aromatic rings. The van der Waals surface area contributed by atoms with Crippen LogP contribution in [0.15, 0.2) is 182 Å². The molecule has 8 rings (SSSR count). The van der Waals surface area contributed by atoms with Crippen LogP contribution in [0, 0.1) is 0 Å². The molecule has 1 amide bonds. The van der Waals surface area contributed by atoms with Gasteiger partial charge < -0.3 is 62.5 Å². The zero-order valence-corrected chi connectivity index (χ0v) is 46.9. The number of carbonyl (C=O) groups excluding carboxylic acids is 1. The fourth-order valence-corrected chi connectivity index (χ4v) is 9.56. The third kappa shape index (κ3) is 20.2. The lowest BCUT2D eigenvalue weighted by atomic mass is 9.97. The first-order valence-electron chi connectivity index (χ1n) is 27.2. The molecule has 2 heterocycles. The number of alkyl carbamates (subject to hydrolysis) is 1. The van der Waals surface area contributed by atoms with Gasteiger partial charge in [0.25, 0.3) is 0 Å². The highest BCUT2D eigenvalue weighted by Gasteiger charge is 2.52. The molecule has 80 heavy (non-hydrogen) atoms. The Bertz CT molecular complexity index is 2620. The molecule has 0 aromatic heterocycles. The number of benzene rings is 6. The number of halogens is 3. The van der Waals surface area contributed by atoms with E-state index in [1.807, 2.05) is 182 Å². The van der Waals surface area contributed by atoms with Crippen LogP contribution in [0.1, 0.15) is 59.1 Å². The van der Waals surface area contributed by atoms with Gasteiger partial charge >= 0.3 is 6.09 Å². The van der Waals surface area contributed by atoms with Crippen molar-refractivity contribution < 1.29 is 62.0 Å². The largest absolute Gasteiger partial charge is 0.445 e. The summed E-state index contributed by atoms with van der Waals surface area (Å²) in [4.78, 5) is 12.1. The molecule has 14 nitrogen and oxygen atoms in total. The van der Waals surface area contributed by atoms with E-state index in [2.05, 4.69) is 5.32 Å². The Morgan fingerprint density at radius 3 is 1.15 bits per heavy atom. The Labute approximate surface area is 484 Å². The highest BCUT2D eigenvalue weighted by Crippen LogP contribution is 2.35. The molecule has 0 bridgehead atoms. The van der Waals surface area contributed by atoms with Gasteiger partial charge in [-0.05, 0) is 46.2 Å². The van der Waals surface area contributed by atoms with Crippen LogP contribution in [0.5, 0.6) is 0 Å². The number of rotatable bonds is 31. The number of aliphatic hydroxyl groups is 1. The van der Waals surface area contributed by atoms with E-state index in [9.17, 15) is 9.90 Å². The zero-order chi connectivity index (χ0) is 55.6. The minimum atomic E-state index is -1.69. The third-order valence-electron chi connectivity index (χ3n) is 13.5. The van der Waals surface area contributed by atoms with Gasteiger partial charge in [-0.1, -0.05) is 230 Å². The summed E-state index contributed by atoms with van der Waals surface area (Å²) in [6, 6.07) is 59.3. The lowest BCUT2D eigenvalue weighted by Gasteiger charge is -2.48. The predicted octanol–water partition coefficient (Wildman–Crippen LogP) is 11.6. The maximum Gasteiger partial charge on any atom is 0.407 e. The summed E-state index contributed by atoms with van der Waals surface area (Å²) in [7, 11) is 0. The number of amides is 1. The van der Waals surface area contributed by atoms with E-state index in [-0.39, 0.29) is 52.9 Å². The van der Waals surface area contributed by atoms with Crippen LogP contribution in [-0.2, 0) is 91.7 Å². The van der Waals surface area contributed by atoms with Gasteiger partial charge in [-0.2, -0.15) is 0 Å². The monoisotopic (exact) mass is 1160 g/mol. The third-order valence-corrected chi connectivity index (χ3v) is 13.8. The molecule has 2 fully saturated rings. The van der Waals surface area contributed by atoms with E-state index >= 15 is 0 Å². The van der Waals surface area contributed by atoms with E-state index in [1.165, 1.54) is 0 Å². The van der Waals surface area contributed by atoms with Crippen molar-refractivity contribution in [2.24, 2.45) is 0 Å². The lowest BCUT2D eigenvalue weighted by molar-refractivity contribution is -0.352. The molecule has 6 aromatic carbocycles. The molecule has 2 saturated heterocycles. The molecule has 10 atom stereocenters. The molecule has 2 N–H and O–H groups in total. The van der Waals surface area contributed by atoms with Gasteiger partial charge in [0.05, 0.1) is 52.9 Å². The van der Waals surface area contributed by atoms with Crippen LogP contribution < -0.4 is 5.32 Å². The maximum absolute atomic E-state index is 12.1. The Kier molecular flexibility index (Phi) is 25.4. The standard InChI is InChI=1S/C63H72Cl3NO13/c64-63(65,66)45-78-62(69)67-35-21-1-2-22-36-70-60-58(75-42-50-31-17-7-18-32-50)57(74-41-49-29-15-6-16-30-49)55(72-39-47-25-11-4-12-26-47)53(80-60)44-77-61-59(76-43-51-33-19-8-20-34-51)56(73-40-48-27-13-5-14-28-48)54(52(37-68)79-61)71-38-46-23-9-3-10-24-46/h3-20,23-34,52-61,68H,1-2,21-22,35-45H2,(H,67,69)/t52-,53-,54+,55+,56+,57+,58-,59-,60-,61-/m1/s1. The van der Waals surface area contributed by atoms with E-state index in [1.54, 1.807) is 0 Å². The van der Waals surface area contributed by atoms with Gasteiger partial charge in [-0.25, -0.2) is 4.79 Å². The molecule has 2 aliphatic rings. The second kappa shape index (κ2) is 33.2. The van der Waals surface area contributed by atoms with E-state index < -0.39 is 77.9 Å². The SMILES string of the molecule is O=C(NCCCCCCO[C@@H]1O[C@H](CO[C@@H]2O[C@H](CO)[C@H](OCc3ccccc3)[C@H](OCc3ccccc3)[C@H]2OCc2ccccc2)[C@H](OCc2ccccc2)[C@H](OCc2ccccc2)[C@H]1OCc1ccccc1)OCC(Cl)(Cl)Cl. The predicted molar refractivity (Wildman–Crippen MR) is 305 cm³/mol. The highest BCUT2D eigenvalue weighted by molar-refractivity contribution is 6.67. The molecule has 2 aliphatic heterocycles. The minimum absolute atomic E-state index is 0.0953. The molecule has 17 heteroatoms. The Balaban J connectivity index is 1.08. The molecular weight excluding hydrogens is 1090 g/mol. The Morgan fingerprint density at radius 2 is 0.762 bits per heavy atom. The smallest absolute Gasteiger partial charge is 0.407 e. The maximum atomic E-state index is 12.1. The van der Waals surface area contributed by atoms with Gasteiger partial charge in [0.15, 0.2) is 12.6 Å². The zero-order valence-electron chi connectivity index (χ0n) is 44.7. The number of aliphatic hydroxyl groups excluding tert-OH is 1. The van der Waals surface area contributed by atoms with Crippen molar-refractivity contribution in [3.05, 3.63) is 215 Å². The highest BCUT2D eigenvalue weighted by atomic mass is 35.6. The van der Waals surface area contributed by atoms with Crippen LogP contribution in [0.3, 0.4) is 0 Å². The summed E-state index contributed by atoms with van der Waals surface area (Å²) in [6.07, 6.45) is -6.29. The summed E-state index contributed by atoms with van der Waals surface area (Å²) in [5, 5.41) is 13.8. The number of carbonyl (C=O) groups is 1. The van der Waals surface area contributed by atoms with Crippen molar-refractivity contribution >= 4 is 40.9 Å². The van der Waals surface area contributed by atoms with Crippen molar-refractivity contribution in [2.75, 3.05) is 33.0 Å². The topological polar surface area (TPSA) is 151 Å². The molecule has 0 unspecified atom stereocenters. The Morgan fingerprint density at radius 1 is 0.425 bits per heavy atom. The van der Waals surface area contributed by atoms with Crippen molar-refractivity contribution in [1.29, 1.82) is 0 Å². The van der Waals surface area contributed by atoms with Crippen molar-refractivity contribution in [3.63, 3.8) is 0 Å². The first-order valence-corrected chi connectivity index (χ1v) is 28.4. The molecule has 0 saturated carbocycles. The number of ether oxygens (including phenoxy) is 11. The summed E-state index contributed by atoms with van der Waals surface area (Å²) >= 11 is 17.2. The molecule has 0 spiro atoms. The average molecular weight is 1160 g/mol. The van der Waals surface area contributed by atoms with E-state index in [0.717, 1.165) is 46.2 Å². The second-order valence-electron chi connectivity index (χ2n) is 19.6. The van der Waals surface area contributed by atoms with Gasteiger partial charge in [0, 0.05) is 13.2 Å². The van der Waals surface area contributed by atoms with Crippen molar-refractivity contribution in [2.45, 2.75) is 131 Å². The lowest BCUT2D eigenvalue weighted by Crippen LogP contribution is -2.64. The summed E-state index contributed by atoms with van der Waals surface area (Å²) in [5.41, 5.74) is 5.67.